The van der Waals surface area contributed by atoms with Gasteiger partial charge in [-0.2, -0.15) is 0 Å². The molecule has 0 aliphatic heterocycles. The predicted octanol–water partition coefficient (Wildman–Crippen LogP) is 3.16. The van der Waals surface area contributed by atoms with Gasteiger partial charge in [0.15, 0.2) is 0 Å². The van der Waals surface area contributed by atoms with Crippen molar-refractivity contribution in [2.45, 2.75) is 0 Å². The molecule has 2 aromatic rings. The zero-order valence-electron chi connectivity index (χ0n) is 8.02. The Bertz CT molecular complexity index is 519. The average Bonchev–Trinajstić information content (AvgIpc) is 2.25. The number of rotatable bonds is 2. The lowest BCUT2D eigenvalue weighted by molar-refractivity contribution is 0.462. The van der Waals surface area contributed by atoms with Crippen LogP contribution >= 0.6 is 23.2 Å². The van der Waals surface area contributed by atoms with Crippen molar-refractivity contribution in [3.05, 3.63) is 40.8 Å². The number of hydrogen-bond acceptors (Lipinski definition) is 4. The van der Waals surface area contributed by atoms with Crippen LogP contribution in [0.5, 0.6) is 11.6 Å². The van der Waals surface area contributed by atoms with Gasteiger partial charge in [-0.15, -0.1) is 0 Å². The van der Waals surface area contributed by atoms with Crippen molar-refractivity contribution in [2.24, 2.45) is 0 Å². The Morgan fingerprint density at radius 3 is 2.69 bits per heavy atom. The number of anilines is 1. The standard InChI is InChI=1S/C10H7Cl2N3O/c11-7-3-6(13)1-2-9(7)16-10-8(12)4-14-5-15-10/h1-5H,13H2. The topological polar surface area (TPSA) is 61.0 Å². The minimum Gasteiger partial charge on any atom is -0.436 e. The van der Waals surface area contributed by atoms with Gasteiger partial charge in [-0.3, -0.25) is 0 Å². The number of nitrogens with zero attached hydrogens (tertiary/aromatic N) is 2. The van der Waals surface area contributed by atoms with Crippen molar-refractivity contribution in [3.63, 3.8) is 0 Å². The van der Waals surface area contributed by atoms with Gasteiger partial charge in [-0.25, -0.2) is 9.97 Å². The van der Waals surface area contributed by atoms with E-state index in [9.17, 15) is 0 Å². The zero-order chi connectivity index (χ0) is 11.5. The monoisotopic (exact) mass is 255 g/mol. The third kappa shape index (κ3) is 2.35. The molecule has 4 nitrogen and oxygen atoms in total. The molecule has 0 saturated carbocycles. The lowest BCUT2D eigenvalue weighted by Gasteiger charge is -2.07. The number of ether oxygens (including phenoxy) is 1. The first-order valence-corrected chi connectivity index (χ1v) is 5.11. The number of benzene rings is 1. The molecular formula is C10H7Cl2N3O. The second-order valence-electron chi connectivity index (χ2n) is 2.97. The average molecular weight is 256 g/mol. The molecule has 2 N–H and O–H groups in total. The summed E-state index contributed by atoms with van der Waals surface area (Å²) in [6, 6.07) is 4.92. The SMILES string of the molecule is Nc1ccc(Oc2ncncc2Cl)c(Cl)c1. The van der Waals surface area contributed by atoms with Gasteiger partial charge < -0.3 is 10.5 Å². The van der Waals surface area contributed by atoms with Gasteiger partial charge in [0.05, 0.1) is 11.2 Å². The number of aromatic nitrogens is 2. The third-order valence-corrected chi connectivity index (χ3v) is 2.35. The fourth-order valence-corrected chi connectivity index (χ4v) is 1.45. The molecule has 1 aromatic heterocycles. The Kier molecular flexibility index (Phi) is 3.12. The first kappa shape index (κ1) is 11.0. The van der Waals surface area contributed by atoms with Crippen molar-refractivity contribution in [2.75, 3.05) is 5.73 Å². The molecule has 0 aliphatic carbocycles. The molecule has 0 spiro atoms. The Labute approximate surface area is 102 Å². The maximum absolute atomic E-state index is 5.94. The van der Waals surface area contributed by atoms with Crippen LogP contribution in [-0.4, -0.2) is 9.97 Å². The fourth-order valence-electron chi connectivity index (χ4n) is 1.08. The number of hydrogen-bond donors (Lipinski definition) is 1. The molecule has 6 heteroatoms. The number of nitrogens with two attached hydrogens (primary N) is 1. The summed E-state index contributed by atoms with van der Waals surface area (Å²) in [6.45, 7) is 0. The molecule has 0 unspecified atom stereocenters. The summed E-state index contributed by atoms with van der Waals surface area (Å²) in [4.78, 5) is 7.63. The predicted molar refractivity (Wildman–Crippen MR) is 63.0 cm³/mol. The zero-order valence-corrected chi connectivity index (χ0v) is 9.53. The highest BCUT2D eigenvalue weighted by Gasteiger charge is 2.07. The Hall–Kier alpha value is -1.52. The van der Waals surface area contributed by atoms with E-state index in [1.165, 1.54) is 12.5 Å². The summed E-state index contributed by atoms with van der Waals surface area (Å²) < 4.78 is 5.42. The molecule has 0 saturated heterocycles. The molecule has 2 rings (SSSR count). The maximum atomic E-state index is 5.94. The Morgan fingerprint density at radius 2 is 2.00 bits per heavy atom. The van der Waals surface area contributed by atoms with Crippen molar-refractivity contribution in [3.8, 4) is 11.6 Å². The fraction of sp³-hybridized carbons (Fsp3) is 0. The quantitative estimate of drug-likeness (QED) is 0.838. The molecule has 16 heavy (non-hydrogen) atoms. The maximum Gasteiger partial charge on any atom is 0.241 e. The molecule has 0 atom stereocenters. The van der Waals surface area contributed by atoms with E-state index in [-0.39, 0.29) is 5.88 Å². The van der Waals surface area contributed by atoms with Crippen LogP contribution in [0.4, 0.5) is 5.69 Å². The van der Waals surface area contributed by atoms with Crippen LogP contribution < -0.4 is 10.5 Å². The van der Waals surface area contributed by atoms with Crippen LogP contribution in [0, 0.1) is 0 Å². The lowest BCUT2D eigenvalue weighted by atomic mass is 10.3. The second-order valence-corrected chi connectivity index (χ2v) is 3.78. The summed E-state index contributed by atoms with van der Waals surface area (Å²) >= 11 is 11.8. The molecule has 0 aliphatic rings. The minimum atomic E-state index is 0.253. The highest BCUT2D eigenvalue weighted by atomic mass is 35.5. The van der Waals surface area contributed by atoms with Gasteiger partial charge in [-0.05, 0) is 18.2 Å². The Morgan fingerprint density at radius 1 is 1.19 bits per heavy atom. The van der Waals surface area contributed by atoms with Crippen LogP contribution in [0.1, 0.15) is 0 Å². The van der Waals surface area contributed by atoms with E-state index in [0.29, 0.717) is 21.5 Å². The number of halogens is 2. The second kappa shape index (κ2) is 4.55. The first-order valence-electron chi connectivity index (χ1n) is 4.35. The van der Waals surface area contributed by atoms with E-state index in [0.717, 1.165) is 0 Å². The van der Waals surface area contributed by atoms with Gasteiger partial charge >= 0.3 is 0 Å². The molecule has 82 valence electrons. The largest absolute Gasteiger partial charge is 0.436 e. The molecule has 0 radical (unpaired) electrons. The summed E-state index contributed by atoms with van der Waals surface area (Å²) in [5, 5.41) is 0.713. The summed E-state index contributed by atoms with van der Waals surface area (Å²) in [6.07, 6.45) is 2.78. The minimum absolute atomic E-state index is 0.253. The van der Waals surface area contributed by atoms with E-state index >= 15 is 0 Å². The highest BCUT2D eigenvalue weighted by Crippen LogP contribution is 2.32. The number of nitrogen functional groups attached to an aromatic ring is 1. The van der Waals surface area contributed by atoms with Crippen molar-refractivity contribution >= 4 is 28.9 Å². The van der Waals surface area contributed by atoms with Crippen molar-refractivity contribution < 1.29 is 4.74 Å². The van der Waals surface area contributed by atoms with Gasteiger partial charge in [-0.1, -0.05) is 23.2 Å². The molecule has 1 heterocycles. The third-order valence-electron chi connectivity index (χ3n) is 1.80. The highest BCUT2D eigenvalue weighted by molar-refractivity contribution is 6.32. The molecule has 1 aromatic carbocycles. The van der Waals surface area contributed by atoms with E-state index in [4.69, 9.17) is 33.7 Å². The van der Waals surface area contributed by atoms with Crippen LogP contribution in [0.15, 0.2) is 30.7 Å². The summed E-state index contributed by atoms with van der Waals surface area (Å²) in [5.74, 6) is 0.694. The molecule has 0 fully saturated rings. The normalized spacial score (nSPS) is 10.1. The van der Waals surface area contributed by atoms with Crippen molar-refractivity contribution in [1.82, 2.24) is 9.97 Å². The van der Waals surface area contributed by atoms with E-state index < -0.39 is 0 Å². The summed E-state index contributed by atoms with van der Waals surface area (Å²) in [7, 11) is 0. The van der Waals surface area contributed by atoms with Gasteiger partial charge in [0.25, 0.3) is 0 Å². The molecule has 0 bridgehead atoms. The van der Waals surface area contributed by atoms with Gasteiger partial charge in [0.2, 0.25) is 5.88 Å². The molecular weight excluding hydrogens is 249 g/mol. The van der Waals surface area contributed by atoms with Crippen LogP contribution in [0.2, 0.25) is 10.0 Å². The van der Waals surface area contributed by atoms with Crippen molar-refractivity contribution in [1.29, 1.82) is 0 Å². The Balaban J connectivity index is 2.31. The van der Waals surface area contributed by atoms with Gasteiger partial charge in [0.1, 0.15) is 17.1 Å². The van der Waals surface area contributed by atoms with E-state index in [1.807, 2.05) is 0 Å². The van der Waals surface area contributed by atoms with E-state index in [1.54, 1.807) is 18.2 Å². The lowest BCUT2D eigenvalue weighted by Crippen LogP contribution is -1.91. The van der Waals surface area contributed by atoms with E-state index in [2.05, 4.69) is 9.97 Å². The molecule has 0 amide bonds. The van der Waals surface area contributed by atoms with Crippen LogP contribution in [0.25, 0.3) is 0 Å². The summed E-state index contributed by atoms with van der Waals surface area (Å²) in [5.41, 5.74) is 6.12. The van der Waals surface area contributed by atoms with Crippen LogP contribution in [0.3, 0.4) is 0 Å². The van der Waals surface area contributed by atoms with Crippen LogP contribution in [-0.2, 0) is 0 Å². The smallest absolute Gasteiger partial charge is 0.241 e. The first-order chi connectivity index (χ1) is 7.66. The van der Waals surface area contributed by atoms with Gasteiger partial charge in [0, 0.05) is 5.69 Å².